The smallest absolute Gasteiger partial charge is 0.296 e. The Labute approximate surface area is 487 Å². The summed E-state index contributed by atoms with van der Waals surface area (Å²) in [6.07, 6.45) is 0.451. The number of rotatable bonds is 16. The van der Waals surface area contributed by atoms with Crippen molar-refractivity contribution in [1.29, 1.82) is 0 Å². The lowest BCUT2D eigenvalue weighted by Gasteiger charge is -2.30. The Bertz CT molecular complexity index is 3660. The molecule has 11 nitrogen and oxygen atoms in total. The van der Waals surface area contributed by atoms with E-state index in [2.05, 4.69) is 59.6 Å². The van der Waals surface area contributed by atoms with Gasteiger partial charge >= 0.3 is 0 Å². The highest BCUT2D eigenvalue weighted by Crippen LogP contribution is 2.44. The van der Waals surface area contributed by atoms with Gasteiger partial charge in [-0.15, -0.1) is 0 Å². The third-order valence-corrected chi connectivity index (χ3v) is 17.9. The van der Waals surface area contributed by atoms with Crippen molar-refractivity contribution >= 4 is 10.1 Å². The summed E-state index contributed by atoms with van der Waals surface area (Å²) < 4.78 is 26.5. The molecule has 0 aliphatic rings. The number of phenolic OH excluding ortho intramolecular Hbond substituents is 8. The van der Waals surface area contributed by atoms with Crippen LogP contribution < -0.4 is 0 Å². The van der Waals surface area contributed by atoms with Crippen molar-refractivity contribution in [3.63, 3.8) is 0 Å². The van der Waals surface area contributed by atoms with E-state index in [1.807, 2.05) is 104 Å². The zero-order valence-electron chi connectivity index (χ0n) is 48.7. The molecule has 0 heterocycles. The van der Waals surface area contributed by atoms with Gasteiger partial charge in [0.25, 0.3) is 10.1 Å². The average Bonchev–Trinajstić information content (AvgIpc) is 3.16. The summed E-state index contributed by atoms with van der Waals surface area (Å²) in [7, 11) is -2.37. The van der Waals surface area contributed by atoms with E-state index in [1.165, 1.54) is 12.1 Å². The normalized spacial score (nSPS) is 12.2. The van der Waals surface area contributed by atoms with E-state index in [0.717, 1.165) is 57.2 Å². The third-order valence-electron chi connectivity index (χ3n) is 16.6. The van der Waals surface area contributed by atoms with Crippen molar-refractivity contribution in [1.82, 2.24) is 0 Å². The topological polar surface area (TPSA) is 205 Å². The molecule has 0 atom stereocenters. The molecular formula is C71H74O11S. The predicted octanol–water partition coefficient (Wildman–Crippen LogP) is 14.7. The summed E-state index contributed by atoms with van der Waals surface area (Å²) in [5, 5.41) is 88.4. The van der Waals surface area contributed by atoms with Crippen LogP contribution in [0.15, 0.2) is 187 Å². The maximum absolute atomic E-state index is 12.5. The first-order valence-corrected chi connectivity index (χ1v) is 28.8. The maximum atomic E-state index is 12.5. The first kappa shape index (κ1) is 60.4. The summed E-state index contributed by atoms with van der Waals surface area (Å²) in [6.45, 7) is 18.6. The van der Waals surface area contributed by atoms with Crippen LogP contribution in [-0.4, -0.2) is 56.4 Å². The molecule has 0 unspecified atom stereocenters. The Hall–Kier alpha value is -8.71. The zero-order chi connectivity index (χ0) is 60.4. The highest BCUT2D eigenvalue weighted by atomic mass is 32.2. The van der Waals surface area contributed by atoms with Crippen molar-refractivity contribution in [3.05, 3.63) is 265 Å². The molecule has 430 valence electrons. The van der Waals surface area contributed by atoms with E-state index in [4.69, 9.17) is 0 Å². The molecule has 9 aromatic carbocycles. The first-order chi connectivity index (χ1) is 39.0. The molecule has 9 aromatic rings. The molecule has 0 spiro atoms. The number of hydrogen-bond donors (Lipinski definition) is 8. The van der Waals surface area contributed by atoms with Crippen LogP contribution in [0.1, 0.15) is 139 Å². The molecule has 0 aliphatic heterocycles. The number of aromatic hydroxyl groups is 8. The quantitative estimate of drug-likeness (QED) is 0.0427. The monoisotopic (exact) mass is 1130 g/mol. The van der Waals surface area contributed by atoms with E-state index in [0.29, 0.717) is 33.4 Å². The number of aryl methyl sites for hydroxylation is 1. The lowest BCUT2D eigenvalue weighted by atomic mass is 9.75. The molecular weight excluding hydrogens is 1060 g/mol. The molecule has 0 aliphatic carbocycles. The molecule has 8 N–H and O–H groups in total. The van der Waals surface area contributed by atoms with Crippen LogP contribution in [0, 0.1) is 6.92 Å². The Morgan fingerprint density at radius 2 is 0.566 bits per heavy atom. The Kier molecular flexibility index (Phi) is 17.2. The summed E-state index contributed by atoms with van der Waals surface area (Å²) in [6, 6.07) is 53.7. The van der Waals surface area contributed by atoms with Crippen molar-refractivity contribution in [2.75, 3.05) is 7.11 Å². The maximum Gasteiger partial charge on any atom is 0.296 e. The fourth-order valence-corrected chi connectivity index (χ4v) is 11.3. The molecule has 9 rings (SSSR count). The van der Waals surface area contributed by atoms with Gasteiger partial charge in [-0.25, -0.2) is 0 Å². The molecule has 0 aromatic heterocycles. The van der Waals surface area contributed by atoms with Crippen molar-refractivity contribution in [2.45, 2.75) is 108 Å². The fraction of sp³-hybridized carbons (Fsp3) is 0.239. The van der Waals surface area contributed by atoms with Gasteiger partial charge in [0, 0.05) is 40.9 Å². The van der Waals surface area contributed by atoms with Crippen LogP contribution in [0.2, 0.25) is 0 Å². The van der Waals surface area contributed by atoms with Crippen LogP contribution >= 0.6 is 0 Å². The van der Waals surface area contributed by atoms with Gasteiger partial charge in [-0.2, -0.15) is 8.42 Å². The van der Waals surface area contributed by atoms with E-state index in [9.17, 15) is 49.3 Å². The molecule has 12 heteroatoms. The predicted molar refractivity (Wildman–Crippen MR) is 327 cm³/mol. The molecule has 0 radical (unpaired) electrons. The first-order valence-electron chi connectivity index (χ1n) is 27.4. The molecule has 0 amide bonds. The van der Waals surface area contributed by atoms with Gasteiger partial charge in [-0.1, -0.05) is 170 Å². The van der Waals surface area contributed by atoms with Crippen molar-refractivity contribution in [3.8, 4) is 46.0 Å². The lowest BCUT2D eigenvalue weighted by molar-refractivity contribution is 0.397. The second kappa shape index (κ2) is 23.6. The average molecular weight is 1140 g/mol. The second-order valence-corrected chi connectivity index (χ2v) is 25.3. The van der Waals surface area contributed by atoms with Gasteiger partial charge in [0.05, 0.1) is 12.0 Å². The molecule has 0 fully saturated rings. The SMILES string of the molecule is CC(C)(c1ccc(O)cc1)c1ccc(O)c(Cc2cc(C(C)(C)c3ccc(O)cc3)cc(Cc3cc(C(C)(C)c4ccc(O)cc4)cc(Cc4cc(C(C)(C)c5ccc(O)cc5)ccc4O)c3O)c2O)c1.COS(=O)(=O)c1ccc(C)cc1. The Balaban J connectivity index is 0.000000667. The van der Waals surface area contributed by atoms with E-state index in [-0.39, 0.29) is 70.2 Å². The van der Waals surface area contributed by atoms with Crippen molar-refractivity contribution < 1.29 is 53.5 Å². The molecule has 0 bridgehead atoms. The summed E-state index contributed by atoms with van der Waals surface area (Å²) >= 11 is 0. The lowest BCUT2D eigenvalue weighted by Crippen LogP contribution is -2.20. The highest BCUT2D eigenvalue weighted by Gasteiger charge is 2.31. The van der Waals surface area contributed by atoms with Gasteiger partial charge in [-0.05, 0) is 158 Å². The fourth-order valence-electron chi connectivity index (χ4n) is 10.6. The third kappa shape index (κ3) is 13.2. The largest absolute Gasteiger partial charge is 0.508 e. The summed E-state index contributed by atoms with van der Waals surface area (Å²) in [4.78, 5) is 0.190. The Morgan fingerprint density at radius 1 is 0.325 bits per heavy atom. The van der Waals surface area contributed by atoms with E-state index in [1.54, 1.807) is 72.8 Å². The van der Waals surface area contributed by atoms with Gasteiger partial charge in [0.1, 0.15) is 46.0 Å². The van der Waals surface area contributed by atoms with Gasteiger partial charge < -0.3 is 40.9 Å². The van der Waals surface area contributed by atoms with Crippen LogP contribution in [-0.2, 0) is 55.2 Å². The van der Waals surface area contributed by atoms with Crippen LogP contribution in [0.3, 0.4) is 0 Å². The van der Waals surface area contributed by atoms with Crippen molar-refractivity contribution in [2.24, 2.45) is 0 Å². The highest BCUT2D eigenvalue weighted by molar-refractivity contribution is 7.86. The standard InChI is InChI=1S/C63H64O8.C8H10O3S/c1-60(2,44-9-19-52(64)20-10-44)48-17-27-56(68)38(32-48)29-40-34-50(62(5,6)46-13-23-54(66)24-14-46)36-42(58(40)70)31-43-37-51(63(7,8)47-15-25-55(67)26-16-47)35-41(59(43)71)30-39-33-49(18-28-57(39)69)61(3,4)45-11-21-53(65)22-12-45;1-7-3-5-8(6-4-7)12(9,10)11-2/h9-28,32-37,64-71H,29-31H2,1-8H3;3-6H,1-2H3. The minimum atomic E-state index is -3.51. The van der Waals surface area contributed by atoms with E-state index < -0.39 is 31.8 Å². The van der Waals surface area contributed by atoms with Gasteiger partial charge in [0.15, 0.2) is 0 Å². The minimum absolute atomic E-state index is 0.0174. The molecule has 0 saturated heterocycles. The zero-order valence-corrected chi connectivity index (χ0v) is 49.5. The van der Waals surface area contributed by atoms with Gasteiger partial charge in [-0.3, -0.25) is 4.18 Å². The van der Waals surface area contributed by atoms with Crippen LogP contribution in [0.5, 0.6) is 46.0 Å². The summed E-state index contributed by atoms with van der Waals surface area (Å²) in [5.41, 5.74) is 9.59. The van der Waals surface area contributed by atoms with Gasteiger partial charge in [0.2, 0.25) is 0 Å². The minimum Gasteiger partial charge on any atom is -0.508 e. The second-order valence-electron chi connectivity index (χ2n) is 23.6. The molecule has 0 saturated carbocycles. The molecule has 83 heavy (non-hydrogen) atoms. The summed E-state index contributed by atoms with van der Waals surface area (Å²) in [5.74, 6) is 0.813. The number of phenols is 8. The van der Waals surface area contributed by atoms with E-state index >= 15 is 0 Å². The Morgan fingerprint density at radius 3 is 0.843 bits per heavy atom. The van der Waals surface area contributed by atoms with Crippen LogP contribution in [0.4, 0.5) is 0 Å². The number of hydrogen-bond acceptors (Lipinski definition) is 11. The van der Waals surface area contributed by atoms with Crippen LogP contribution in [0.25, 0.3) is 0 Å². The number of benzene rings is 9.